The van der Waals surface area contributed by atoms with E-state index in [2.05, 4.69) is 25.5 Å². The number of nitrogens with zero attached hydrogens (tertiary/aromatic N) is 5. The lowest BCUT2D eigenvalue weighted by Crippen LogP contribution is -2.15. The number of fused-ring (bicyclic) bond motifs is 2. The molecule has 4 aromatic rings. The number of hydrogen-bond donors (Lipinski definition) is 1. The molecule has 1 N–H and O–H groups in total. The predicted molar refractivity (Wildman–Crippen MR) is 80.6 cm³/mol. The van der Waals surface area contributed by atoms with Gasteiger partial charge in [-0.1, -0.05) is 29.5 Å². The first-order chi connectivity index (χ1) is 10.3. The molecule has 0 radical (unpaired) electrons. The molecule has 7 nitrogen and oxygen atoms in total. The monoisotopic (exact) mass is 316 g/mol. The van der Waals surface area contributed by atoms with E-state index in [4.69, 9.17) is 0 Å². The number of nitrogens with one attached hydrogen (secondary N) is 1. The summed E-state index contributed by atoms with van der Waals surface area (Å²) in [5.74, 6) is 0.689. The van der Waals surface area contributed by atoms with Crippen LogP contribution >= 0.6 is 23.1 Å². The molecule has 104 valence electrons. The van der Waals surface area contributed by atoms with Crippen molar-refractivity contribution >= 4 is 39.2 Å². The van der Waals surface area contributed by atoms with E-state index >= 15 is 0 Å². The van der Waals surface area contributed by atoms with Crippen LogP contribution in [0.15, 0.2) is 40.0 Å². The molecule has 3 aromatic heterocycles. The van der Waals surface area contributed by atoms with E-state index in [0.717, 1.165) is 9.90 Å². The molecule has 21 heavy (non-hydrogen) atoms. The highest BCUT2D eigenvalue weighted by atomic mass is 32.2. The van der Waals surface area contributed by atoms with Crippen molar-refractivity contribution in [3.8, 4) is 0 Å². The molecule has 0 aliphatic rings. The van der Waals surface area contributed by atoms with Gasteiger partial charge in [-0.2, -0.15) is 19.8 Å². The molecule has 9 heteroatoms. The van der Waals surface area contributed by atoms with Crippen LogP contribution in [-0.4, -0.2) is 30.0 Å². The summed E-state index contributed by atoms with van der Waals surface area (Å²) in [5.41, 5.74) is 0.238. The minimum Gasteiger partial charge on any atom is -0.265 e. The van der Waals surface area contributed by atoms with E-state index in [1.165, 1.54) is 15.9 Å². The fourth-order valence-electron chi connectivity index (χ4n) is 1.88. The topological polar surface area (TPSA) is 88.8 Å². The molecule has 4 rings (SSSR count). The van der Waals surface area contributed by atoms with Gasteiger partial charge in [0.05, 0.1) is 5.75 Å². The number of aromatic nitrogens is 6. The molecular formula is C12H8N6OS2. The Hall–Kier alpha value is -2.26. The van der Waals surface area contributed by atoms with Gasteiger partial charge >= 0.3 is 5.56 Å². The quantitative estimate of drug-likeness (QED) is 0.579. The standard InChI is InChI=1S/C12H8N6OS2/c19-11-9-10(15-17-14-9)13-12-18(11)16-8(21-12)6-20-7-4-2-1-3-5-7/h1-5H,6H2,(H,14,15,17). The maximum absolute atomic E-state index is 12.2. The molecule has 0 aliphatic heterocycles. The highest BCUT2D eigenvalue weighted by Crippen LogP contribution is 2.24. The summed E-state index contributed by atoms with van der Waals surface area (Å²) in [6.07, 6.45) is 0. The van der Waals surface area contributed by atoms with Crippen molar-refractivity contribution in [3.05, 3.63) is 45.7 Å². The highest BCUT2D eigenvalue weighted by Gasteiger charge is 2.13. The van der Waals surface area contributed by atoms with Crippen LogP contribution in [0.2, 0.25) is 0 Å². The fourth-order valence-corrected chi connectivity index (χ4v) is 3.67. The van der Waals surface area contributed by atoms with Crippen LogP contribution in [0.5, 0.6) is 0 Å². The molecule has 0 saturated carbocycles. The second-order valence-electron chi connectivity index (χ2n) is 4.20. The van der Waals surface area contributed by atoms with E-state index in [9.17, 15) is 4.79 Å². The number of aromatic amines is 1. The Balaban J connectivity index is 1.70. The normalized spacial score (nSPS) is 11.4. The largest absolute Gasteiger partial charge is 0.305 e. The van der Waals surface area contributed by atoms with E-state index in [1.54, 1.807) is 11.8 Å². The second-order valence-corrected chi connectivity index (χ2v) is 6.29. The van der Waals surface area contributed by atoms with E-state index in [0.29, 0.717) is 16.4 Å². The van der Waals surface area contributed by atoms with Crippen molar-refractivity contribution in [2.75, 3.05) is 0 Å². The maximum Gasteiger partial charge on any atom is 0.305 e. The average molecular weight is 316 g/mol. The summed E-state index contributed by atoms with van der Waals surface area (Å²) >= 11 is 3.06. The van der Waals surface area contributed by atoms with Crippen molar-refractivity contribution in [2.45, 2.75) is 10.6 Å². The highest BCUT2D eigenvalue weighted by molar-refractivity contribution is 7.98. The molecule has 0 fully saturated rings. The summed E-state index contributed by atoms with van der Waals surface area (Å²) in [5, 5.41) is 15.2. The van der Waals surface area contributed by atoms with Crippen LogP contribution in [0.1, 0.15) is 5.01 Å². The third-order valence-corrected chi connectivity index (χ3v) is 4.95. The Morgan fingerprint density at radius 3 is 2.95 bits per heavy atom. The van der Waals surface area contributed by atoms with Gasteiger partial charge in [0.2, 0.25) is 10.6 Å². The average Bonchev–Trinajstić information content (AvgIpc) is 3.13. The predicted octanol–water partition coefficient (Wildman–Crippen LogP) is 1.71. The molecule has 0 unspecified atom stereocenters. The molecule has 0 aliphatic carbocycles. The summed E-state index contributed by atoms with van der Waals surface area (Å²) in [7, 11) is 0. The van der Waals surface area contributed by atoms with Gasteiger partial charge in [-0.15, -0.1) is 22.0 Å². The zero-order valence-electron chi connectivity index (χ0n) is 10.6. The van der Waals surface area contributed by atoms with E-state index in [1.807, 2.05) is 30.3 Å². The molecule has 0 atom stereocenters. The van der Waals surface area contributed by atoms with Crippen LogP contribution in [0.4, 0.5) is 0 Å². The van der Waals surface area contributed by atoms with Crippen LogP contribution < -0.4 is 5.56 Å². The summed E-state index contributed by atoms with van der Waals surface area (Å²) < 4.78 is 1.29. The van der Waals surface area contributed by atoms with Gasteiger partial charge in [0.25, 0.3) is 0 Å². The van der Waals surface area contributed by atoms with Gasteiger partial charge in [0, 0.05) is 4.90 Å². The smallest absolute Gasteiger partial charge is 0.265 e. The van der Waals surface area contributed by atoms with Crippen molar-refractivity contribution < 1.29 is 0 Å². The minimum absolute atomic E-state index is 0.208. The third-order valence-electron chi connectivity index (χ3n) is 2.83. The molecular weight excluding hydrogens is 308 g/mol. The van der Waals surface area contributed by atoms with Gasteiger partial charge in [0.1, 0.15) is 5.01 Å². The Bertz CT molecular complexity index is 974. The Morgan fingerprint density at radius 2 is 2.10 bits per heavy atom. The second kappa shape index (κ2) is 4.93. The van der Waals surface area contributed by atoms with Crippen LogP contribution in [-0.2, 0) is 5.75 Å². The van der Waals surface area contributed by atoms with Crippen molar-refractivity contribution in [1.29, 1.82) is 0 Å². The number of thioether (sulfide) groups is 1. The molecule has 0 spiro atoms. The molecule has 1 aromatic carbocycles. The fraction of sp³-hybridized carbons (Fsp3) is 0.0833. The van der Waals surface area contributed by atoms with Crippen molar-refractivity contribution in [2.24, 2.45) is 0 Å². The van der Waals surface area contributed by atoms with Gasteiger partial charge in [-0.3, -0.25) is 4.79 Å². The zero-order chi connectivity index (χ0) is 14.2. The van der Waals surface area contributed by atoms with Crippen LogP contribution in [0.25, 0.3) is 16.1 Å². The van der Waals surface area contributed by atoms with Crippen molar-refractivity contribution in [3.63, 3.8) is 0 Å². The number of hydrogen-bond acceptors (Lipinski definition) is 7. The third kappa shape index (κ3) is 2.20. The van der Waals surface area contributed by atoms with E-state index in [-0.39, 0.29) is 11.1 Å². The first-order valence-corrected chi connectivity index (χ1v) is 7.88. The molecule has 0 amide bonds. The van der Waals surface area contributed by atoms with Crippen LogP contribution in [0.3, 0.4) is 0 Å². The van der Waals surface area contributed by atoms with E-state index < -0.39 is 0 Å². The maximum atomic E-state index is 12.2. The van der Waals surface area contributed by atoms with Gasteiger partial charge in [0.15, 0.2) is 5.52 Å². The Kier molecular flexibility index (Phi) is 2.93. The number of H-pyrrole nitrogens is 1. The lowest BCUT2D eigenvalue weighted by Gasteiger charge is -1.96. The van der Waals surface area contributed by atoms with Gasteiger partial charge < -0.3 is 0 Å². The summed E-state index contributed by atoms with van der Waals surface area (Å²) in [6, 6.07) is 10.1. The molecule has 0 bridgehead atoms. The van der Waals surface area contributed by atoms with Crippen molar-refractivity contribution in [1.82, 2.24) is 30.0 Å². The zero-order valence-corrected chi connectivity index (χ0v) is 12.2. The number of benzene rings is 1. The van der Waals surface area contributed by atoms with Gasteiger partial charge in [-0.05, 0) is 12.1 Å². The lowest BCUT2D eigenvalue weighted by molar-refractivity contribution is 0.887. The first-order valence-electron chi connectivity index (χ1n) is 6.08. The number of rotatable bonds is 3. The van der Waals surface area contributed by atoms with Crippen LogP contribution in [0, 0.1) is 0 Å². The molecule has 0 saturated heterocycles. The minimum atomic E-state index is -0.295. The molecule has 3 heterocycles. The summed E-state index contributed by atoms with van der Waals surface area (Å²) in [6.45, 7) is 0. The van der Waals surface area contributed by atoms with Gasteiger partial charge in [-0.25, -0.2) is 0 Å². The first kappa shape index (κ1) is 12.5. The summed E-state index contributed by atoms with van der Waals surface area (Å²) in [4.78, 5) is 18.1. The SMILES string of the molecule is O=c1c2n[nH]nc2nc2sc(CSc3ccccc3)nn12. The Labute approximate surface area is 126 Å². The lowest BCUT2D eigenvalue weighted by atomic mass is 10.4. The Morgan fingerprint density at radius 1 is 1.24 bits per heavy atom.